The first-order valence-electron chi connectivity index (χ1n) is 7.67. The summed E-state index contributed by atoms with van der Waals surface area (Å²) in [5, 5.41) is 2.58. The van der Waals surface area contributed by atoms with E-state index in [9.17, 15) is 18.0 Å². The Balaban J connectivity index is 2.46. The highest BCUT2D eigenvalue weighted by Crippen LogP contribution is 2.34. The van der Waals surface area contributed by atoms with Crippen LogP contribution in [0.2, 0.25) is 0 Å². The summed E-state index contributed by atoms with van der Waals surface area (Å²) in [5.74, 6) is -0.700. The molecule has 2 aromatic carbocycles. The van der Waals surface area contributed by atoms with Crippen LogP contribution in [0.15, 0.2) is 41.3 Å². The summed E-state index contributed by atoms with van der Waals surface area (Å²) in [5.41, 5.74) is 0.306. The SMILES string of the molecule is COC(=O)c1cc(OC)c(OC)cc1NC(=O)c1cccc(S(C)(=O)=O)c1. The van der Waals surface area contributed by atoms with Crippen molar-refractivity contribution in [3.8, 4) is 11.5 Å². The molecule has 27 heavy (non-hydrogen) atoms. The Bertz CT molecular complexity index is 983. The summed E-state index contributed by atoms with van der Waals surface area (Å²) in [6, 6.07) is 8.37. The lowest BCUT2D eigenvalue weighted by Gasteiger charge is -2.15. The molecule has 8 nitrogen and oxygen atoms in total. The van der Waals surface area contributed by atoms with Crippen LogP contribution in [0.25, 0.3) is 0 Å². The number of anilines is 1. The number of rotatable bonds is 6. The molecule has 1 N–H and O–H groups in total. The van der Waals surface area contributed by atoms with Gasteiger partial charge in [0.2, 0.25) is 0 Å². The minimum Gasteiger partial charge on any atom is -0.493 e. The zero-order chi connectivity index (χ0) is 20.2. The Morgan fingerprint density at radius 3 is 2.15 bits per heavy atom. The van der Waals surface area contributed by atoms with Crippen molar-refractivity contribution in [2.24, 2.45) is 0 Å². The van der Waals surface area contributed by atoms with Gasteiger partial charge in [0, 0.05) is 24.0 Å². The summed E-state index contributed by atoms with van der Waals surface area (Å²) in [4.78, 5) is 24.6. The lowest BCUT2D eigenvalue weighted by molar-refractivity contribution is 0.0601. The van der Waals surface area contributed by atoms with Crippen LogP contribution in [0.4, 0.5) is 5.69 Å². The molecule has 0 aliphatic carbocycles. The van der Waals surface area contributed by atoms with E-state index in [1.54, 1.807) is 0 Å². The van der Waals surface area contributed by atoms with E-state index in [1.165, 1.54) is 57.7 Å². The molecule has 0 atom stereocenters. The van der Waals surface area contributed by atoms with E-state index < -0.39 is 21.7 Å². The minimum absolute atomic E-state index is 0.00986. The highest BCUT2D eigenvalue weighted by molar-refractivity contribution is 7.90. The Morgan fingerprint density at radius 2 is 1.59 bits per heavy atom. The normalized spacial score (nSPS) is 10.8. The Morgan fingerprint density at radius 1 is 0.963 bits per heavy atom. The average molecular weight is 393 g/mol. The molecular formula is C18H19NO7S. The number of sulfone groups is 1. The lowest BCUT2D eigenvalue weighted by atomic mass is 10.1. The number of ether oxygens (including phenoxy) is 3. The molecule has 0 aliphatic rings. The van der Waals surface area contributed by atoms with Crippen LogP contribution in [0.5, 0.6) is 11.5 Å². The van der Waals surface area contributed by atoms with Gasteiger partial charge in [0.15, 0.2) is 21.3 Å². The van der Waals surface area contributed by atoms with Crippen LogP contribution >= 0.6 is 0 Å². The molecule has 144 valence electrons. The third-order valence-corrected chi connectivity index (χ3v) is 4.81. The number of carbonyl (C=O) groups is 2. The van der Waals surface area contributed by atoms with Gasteiger partial charge < -0.3 is 19.5 Å². The second kappa shape index (κ2) is 8.09. The van der Waals surface area contributed by atoms with Crippen molar-refractivity contribution in [1.82, 2.24) is 0 Å². The fourth-order valence-corrected chi connectivity index (χ4v) is 2.99. The predicted octanol–water partition coefficient (Wildman–Crippen LogP) is 2.15. The largest absolute Gasteiger partial charge is 0.493 e. The second-order valence-corrected chi connectivity index (χ2v) is 7.51. The van der Waals surface area contributed by atoms with Gasteiger partial charge in [0.05, 0.1) is 37.5 Å². The third kappa shape index (κ3) is 4.56. The first-order chi connectivity index (χ1) is 12.7. The smallest absolute Gasteiger partial charge is 0.340 e. The molecule has 0 aromatic heterocycles. The summed E-state index contributed by atoms with van der Waals surface area (Å²) in [7, 11) is 0.565. The van der Waals surface area contributed by atoms with Gasteiger partial charge in [-0.15, -0.1) is 0 Å². The summed E-state index contributed by atoms with van der Waals surface area (Å²) < 4.78 is 38.4. The number of amides is 1. The van der Waals surface area contributed by atoms with Gasteiger partial charge in [-0.2, -0.15) is 0 Å². The molecule has 0 heterocycles. The van der Waals surface area contributed by atoms with Gasteiger partial charge in [0.1, 0.15) is 0 Å². The zero-order valence-corrected chi connectivity index (χ0v) is 16.0. The molecule has 0 saturated heterocycles. The monoisotopic (exact) mass is 393 g/mol. The molecule has 0 aliphatic heterocycles. The van der Waals surface area contributed by atoms with Crippen LogP contribution in [-0.2, 0) is 14.6 Å². The number of esters is 1. The van der Waals surface area contributed by atoms with Crippen molar-refractivity contribution in [3.63, 3.8) is 0 Å². The molecule has 1 amide bonds. The first-order valence-corrected chi connectivity index (χ1v) is 9.56. The van der Waals surface area contributed by atoms with Gasteiger partial charge in [0.25, 0.3) is 5.91 Å². The molecule has 0 spiro atoms. The lowest BCUT2D eigenvalue weighted by Crippen LogP contribution is -2.16. The van der Waals surface area contributed by atoms with Gasteiger partial charge >= 0.3 is 5.97 Å². The van der Waals surface area contributed by atoms with Crippen LogP contribution in [0.1, 0.15) is 20.7 Å². The summed E-state index contributed by atoms with van der Waals surface area (Å²) in [6.45, 7) is 0. The topological polar surface area (TPSA) is 108 Å². The number of carbonyl (C=O) groups excluding carboxylic acids is 2. The van der Waals surface area contributed by atoms with E-state index >= 15 is 0 Å². The van der Waals surface area contributed by atoms with E-state index in [-0.39, 0.29) is 27.5 Å². The number of nitrogens with one attached hydrogen (secondary N) is 1. The Hall–Kier alpha value is -3.07. The van der Waals surface area contributed by atoms with Crippen LogP contribution < -0.4 is 14.8 Å². The maximum atomic E-state index is 12.6. The minimum atomic E-state index is -3.47. The predicted molar refractivity (Wildman–Crippen MR) is 98.4 cm³/mol. The third-order valence-electron chi connectivity index (χ3n) is 3.70. The molecule has 0 saturated carbocycles. The summed E-state index contributed by atoms with van der Waals surface area (Å²) in [6.07, 6.45) is 1.05. The fraction of sp³-hybridized carbons (Fsp3) is 0.222. The standard InChI is InChI=1S/C18H19NO7S/c1-24-15-9-13(18(21)26-3)14(10-16(15)25-2)19-17(20)11-6-5-7-12(8-11)27(4,22)23/h5-10H,1-4H3,(H,19,20). The van der Waals surface area contributed by atoms with E-state index in [2.05, 4.69) is 5.32 Å². The van der Waals surface area contributed by atoms with Crippen LogP contribution in [0.3, 0.4) is 0 Å². The molecule has 2 rings (SSSR count). The molecule has 0 fully saturated rings. The van der Waals surface area contributed by atoms with E-state index in [1.807, 2.05) is 0 Å². The van der Waals surface area contributed by atoms with E-state index in [4.69, 9.17) is 14.2 Å². The highest BCUT2D eigenvalue weighted by Gasteiger charge is 2.20. The van der Waals surface area contributed by atoms with Gasteiger partial charge in [-0.05, 0) is 18.2 Å². The molecule has 0 bridgehead atoms. The van der Waals surface area contributed by atoms with Crippen molar-refractivity contribution < 1.29 is 32.2 Å². The van der Waals surface area contributed by atoms with Gasteiger partial charge in [-0.1, -0.05) is 6.07 Å². The number of methoxy groups -OCH3 is 3. The van der Waals surface area contributed by atoms with E-state index in [0.29, 0.717) is 5.75 Å². The molecule has 0 unspecified atom stereocenters. The van der Waals surface area contributed by atoms with Gasteiger partial charge in [-0.25, -0.2) is 13.2 Å². The van der Waals surface area contributed by atoms with Crippen molar-refractivity contribution >= 4 is 27.4 Å². The van der Waals surface area contributed by atoms with Crippen molar-refractivity contribution in [3.05, 3.63) is 47.5 Å². The number of hydrogen-bond donors (Lipinski definition) is 1. The van der Waals surface area contributed by atoms with Gasteiger partial charge in [-0.3, -0.25) is 4.79 Å². The Labute approximate surface area is 157 Å². The summed E-state index contributed by atoms with van der Waals surface area (Å²) >= 11 is 0. The molecular weight excluding hydrogens is 374 g/mol. The highest BCUT2D eigenvalue weighted by atomic mass is 32.2. The number of hydrogen-bond acceptors (Lipinski definition) is 7. The second-order valence-electron chi connectivity index (χ2n) is 5.50. The van der Waals surface area contributed by atoms with Crippen LogP contribution in [0, 0.1) is 0 Å². The first kappa shape index (κ1) is 20.2. The maximum Gasteiger partial charge on any atom is 0.340 e. The maximum absolute atomic E-state index is 12.6. The van der Waals surface area contributed by atoms with Crippen molar-refractivity contribution in [2.45, 2.75) is 4.90 Å². The van der Waals surface area contributed by atoms with Crippen molar-refractivity contribution in [2.75, 3.05) is 32.9 Å². The zero-order valence-electron chi connectivity index (χ0n) is 15.2. The average Bonchev–Trinajstić information content (AvgIpc) is 2.66. The van der Waals surface area contributed by atoms with E-state index in [0.717, 1.165) is 6.26 Å². The fourth-order valence-electron chi connectivity index (χ4n) is 2.32. The molecule has 9 heteroatoms. The van der Waals surface area contributed by atoms with Crippen molar-refractivity contribution in [1.29, 1.82) is 0 Å². The Kier molecular flexibility index (Phi) is 6.06. The number of benzene rings is 2. The quantitative estimate of drug-likeness (QED) is 0.749. The van der Waals surface area contributed by atoms with Crippen LogP contribution in [-0.4, -0.2) is 47.9 Å². The molecule has 0 radical (unpaired) electrons. The molecule has 2 aromatic rings.